The predicted molar refractivity (Wildman–Crippen MR) is 81.9 cm³/mol. The van der Waals surface area contributed by atoms with E-state index in [2.05, 4.69) is 12.0 Å². The molecule has 0 unspecified atom stereocenters. The monoisotopic (exact) mass is 273 g/mol. The lowest BCUT2D eigenvalue weighted by Crippen LogP contribution is -2.32. The smallest absolute Gasteiger partial charge is 0.326 e. The molecule has 4 nitrogen and oxygen atoms in total. The number of benzene rings is 1. The number of unbranched alkanes of at least 4 members (excludes halogenated alkanes) is 4. The SMILES string of the molecule is CCCCCCCN(C)C(=O)n1cc2ccccc2n1. The van der Waals surface area contributed by atoms with Gasteiger partial charge in [-0.2, -0.15) is 9.78 Å². The normalized spacial score (nSPS) is 10.9. The zero-order valence-corrected chi connectivity index (χ0v) is 12.4. The van der Waals surface area contributed by atoms with Gasteiger partial charge in [0.25, 0.3) is 0 Å². The molecule has 0 saturated heterocycles. The summed E-state index contributed by atoms with van der Waals surface area (Å²) >= 11 is 0. The Balaban J connectivity index is 1.89. The molecule has 2 rings (SSSR count). The van der Waals surface area contributed by atoms with Crippen LogP contribution in [0.3, 0.4) is 0 Å². The highest BCUT2D eigenvalue weighted by molar-refractivity contribution is 5.84. The molecule has 0 aliphatic carbocycles. The van der Waals surface area contributed by atoms with Crippen LogP contribution in [0.25, 0.3) is 10.9 Å². The van der Waals surface area contributed by atoms with Crippen molar-refractivity contribution in [3.05, 3.63) is 30.5 Å². The zero-order valence-electron chi connectivity index (χ0n) is 12.4. The molecule has 2 aromatic rings. The summed E-state index contributed by atoms with van der Waals surface area (Å²) in [6, 6.07) is 7.72. The van der Waals surface area contributed by atoms with Crippen LogP contribution in [0.1, 0.15) is 39.0 Å². The molecule has 0 spiro atoms. The van der Waals surface area contributed by atoms with Crippen molar-refractivity contribution in [2.45, 2.75) is 39.0 Å². The summed E-state index contributed by atoms with van der Waals surface area (Å²) in [6.07, 6.45) is 7.82. The third kappa shape index (κ3) is 3.59. The number of aromatic nitrogens is 2. The fraction of sp³-hybridized carbons (Fsp3) is 0.500. The largest absolute Gasteiger partial charge is 0.344 e. The Labute approximate surface area is 120 Å². The average molecular weight is 273 g/mol. The summed E-state index contributed by atoms with van der Waals surface area (Å²) in [5, 5.41) is 5.31. The van der Waals surface area contributed by atoms with Crippen LogP contribution in [0.15, 0.2) is 30.5 Å². The first-order valence-corrected chi connectivity index (χ1v) is 7.42. The molecule has 0 bridgehead atoms. The number of nitrogens with zero attached hydrogens (tertiary/aromatic N) is 3. The maximum Gasteiger partial charge on any atom is 0.344 e. The van der Waals surface area contributed by atoms with Crippen LogP contribution in [-0.4, -0.2) is 34.3 Å². The Morgan fingerprint density at radius 1 is 1.20 bits per heavy atom. The molecule has 0 radical (unpaired) electrons. The van der Waals surface area contributed by atoms with Crippen LogP contribution in [0.2, 0.25) is 0 Å². The van der Waals surface area contributed by atoms with Crippen molar-refractivity contribution < 1.29 is 4.79 Å². The Morgan fingerprint density at radius 3 is 2.70 bits per heavy atom. The molecule has 20 heavy (non-hydrogen) atoms. The number of carbonyl (C=O) groups excluding carboxylic acids is 1. The van der Waals surface area contributed by atoms with Gasteiger partial charge in [-0.3, -0.25) is 0 Å². The van der Waals surface area contributed by atoms with Crippen LogP contribution in [-0.2, 0) is 0 Å². The highest BCUT2D eigenvalue weighted by Crippen LogP contribution is 2.11. The molecule has 0 saturated carbocycles. The van der Waals surface area contributed by atoms with Crippen LogP contribution in [0.4, 0.5) is 4.79 Å². The van der Waals surface area contributed by atoms with Gasteiger partial charge < -0.3 is 4.90 Å². The van der Waals surface area contributed by atoms with E-state index in [1.54, 1.807) is 11.1 Å². The van der Waals surface area contributed by atoms with Gasteiger partial charge in [-0.1, -0.05) is 50.8 Å². The van der Waals surface area contributed by atoms with E-state index in [1.165, 1.54) is 30.4 Å². The Bertz CT molecular complexity index is 529. The second-order valence-electron chi connectivity index (χ2n) is 5.25. The summed E-state index contributed by atoms with van der Waals surface area (Å²) in [7, 11) is 1.84. The summed E-state index contributed by atoms with van der Waals surface area (Å²) in [5.74, 6) is 0. The first kappa shape index (κ1) is 14.6. The number of hydrogen-bond donors (Lipinski definition) is 0. The van der Waals surface area contributed by atoms with E-state index < -0.39 is 0 Å². The van der Waals surface area contributed by atoms with Crippen molar-refractivity contribution in [3.63, 3.8) is 0 Å². The van der Waals surface area contributed by atoms with Gasteiger partial charge in [-0.05, 0) is 12.5 Å². The molecule has 0 N–H and O–H groups in total. The van der Waals surface area contributed by atoms with Crippen LogP contribution >= 0.6 is 0 Å². The van der Waals surface area contributed by atoms with Gasteiger partial charge >= 0.3 is 6.03 Å². The first-order chi connectivity index (χ1) is 9.72. The van der Waals surface area contributed by atoms with Gasteiger partial charge in [0, 0.05) is 25.2 Å². The molecule has 1 aromatic heterocycles. The van der Waals surface area contributed by atoms with Crippen molar-refractivity contribution in [2.75, 3.05) is 13.6 Å². The Hall–Kier alpha value is -1.84. The number of carbonyl (C=O) groups is 1. The number of hydrogen-bond acceptors (Lipinski definition) is 2. The van der Waals surface area contributed by atoms with Gasteiger partial charge in [-0.25, -0.2) is 4.79 Å². The third-order valence-electron chi connectivity index (χ3n) is 3.53. The van der Waals surface area contributed by atoms with E-state index in [1.807, 2.05) is 31.3 Å². The van der Waals surface area contributed by atoms with E-state index in [0.29, 0.717) is 0 Å². The maximum atomic E-state index is 12.3. The van der Waals surface area contributed by atoms with E-state index >= 15 is 0 Å². The fourth-order valence-electron chi connectivity index (χ4n) is 2.29. The van der Waals surface area contributed by atoms with Crippen LogP contribution in [0.5, 0.6) is 0 Å². The second kappa shape index (κ2) is 7.08. The molecule has 0 aliphatic heterocycles. The van der Waals surface area contributed by atoms with Crippen molar-refractivity contribution >= 4 is 16.9 Å². The molecule has 1 amide bonds. The first-order valence-electron chi connectivity index (χ1n) is 7.42. The molecular formula is C16H23N3O. The molecule has 0 fully saturated rings. The quantitative estimate of drug-likeness (QED) is 0.748. The topological polar surface area (TPSA) is 38.1 Å². The van der Waals surface area contributed by atoms with E-state index in [0.717, 1.165) is 23.9 Å². The van der Waals surface area contributed by atoms with Gasteiger partial charge in [0.05, 0.1) is 5.52 Å². The lowest BCUT2D eigenvalue weighted by Gasteiger charge is -2.16. The van der Waals surface area contributed by atoms with Gasteiger partial charge in [-0.15, -0.1) is 0 Å². The molecule has 4 heteroatoms. The van der Waals surface area contributed by atoms with Crippen molar-refractivity contribution in [2.24, 2.45) is 0 Å². The zero-order chi connectivity index (χ0) is 14.4. The summed E-state index contributed by atoms with van der Waals surface area (Å²) in [6.45, 7) is 3.00. The van der Waals surface area contributed by atoms with Crippen molar-refractivity contribution in [1.29, 1.82) is 0 Å². The van der Waals surface area contributed by atoms with E-state index in [-0.39, 0.29) is 6.03 Å². The average Bonchev–Trinajstić information content (AvgIpc) is 2.89. The lowest BCUT2D eigenvalue weighted by molar-refractivity contribution is 0.206. The summed E-state index contributed by atoms with van der Waals surface area (Å²) < 4.78 is 1.44. The number of rotatable bonds is 6. The maximum absolute atomic E-state index is 12.3. The standard InChI is InChI=1S/C16H23N3O/c1-3-4-5-6-9-12-18(2)16(20)19-13-14-10-7-8-11-15(14)17-19/h7-8,10-11,13H,3-6,9,12H2,1-2H3. The third-order valence-corrected chi connectivity index (χ3v) is 3.53. The molecule has 108 valence electrons. The van der Waals surface area contributed by atoms with E-state index in [4.69, 9.17) is 0 Å². The highest BCUT2D eigenvalue weighted by atomic mass is 16.2. The summed E-state index contributed by atoms with van der Waals surface area (Å²) in [5.41, 5.74) is 0.859. The van der Waals surface area contributed by atoms with Crippen LogP contribution in [0, 0.1) is 0 Å². The second-order valence-corrected chi connectivity index (χ2v) is 5.25. The Morgan fingerprint density at radius 2 is 1.95 bits per heavy atom. The highest BCUT2D eigenvalue weighted by Gasteiger charge is 2.12. The molecule has 0 aliphatic rings. The Kier molecular flexibility index (Phi) is 5.16. The number of amides is 1. The summed E-state index contributed by atoms with van der Waals surface area (Å²) in [4.78, 5) is 14.0. The fourth-order valence-corrected chi connectivity index (χ4v) is 2.29. The van der Waals surface area contributed by atoms with E-state index in [9.17, 15) is 4.79 Å². The predicted octanol–water partition coefficient (Wildman–Crippen LogP) is 3.91. The minimum atomic E-state index is -0.0586. The van der Waals surface area contributed by atoms with Crippen molar-refractivity contribution in [1.82, 2.24) is 14.7 Å². The molecule has 1 heterocycles. The van der Waals surface area contributed by atoms with Crippen molar-refractivity contribution in [3.8, 4) is 0 Å². The number of fused-ring (bicyclic) bond motifs is 1. The van der Waals surface area contributed by atoms with Gasteiger partial charge in [0.15, 0.2) is 0 Å². The molecule has 1 aromatic carbocycles. The minimum absolute atomic E-state index is 0.0586. The van der Waals surface area contributed by atoms with Gasteiger partial charge in [0.1, 0.15) is 0 Å². The van der Waals surface area contributed by atoms with Crippen LogP contribution < -0.4 is 0 Å². The van der Waals surface area contributed by atoms with Gasteiger partial charge in [0.2, 0.25) is 0 Å². The molecule has 0 atom stereocenters. The minimum Gasteiger partial charge on any atom is -0.326 e. The lowest BCUT2D eigenvalue weighted by atomic mass is 10.1. The molecular weight excluding hydrogens is 250 g/mol.